The van der Waals surface area contributed by atoms with E-state index in [0.717, 1.165) is 18.9 Å². The normalized spacial score (nSPS) is 26.1. The molecule has 29 heavy (non-hydrogen) atoms. The molecule has 4 nitrogen and oxygen atoms in total. The first kappa shape index (κ1) is 21.1. The number of nitrogens with zero attached hydrogens (tertiary/aromatic N) is 3. The van der Waals surface area contributed by atoms with Crippen LogP contribution in [0.3, 0.4) is 0 Å². The van der Waals surface area contributed by atoms with Gasteiger partial charge < -0.3 is 10.0 Å². The minimum atomic E-state index is 0.325. The fourth-order valence-corrected chi connectivity index (χ4v) is 6.00. The first-order valence-electron chi connectivity index (χ1n) is 12.1. The van der Waals surface area contributed by atoms with Gasteiger partial charge in [-0.15, -0.1) is 0 Å². The molecule has 1 saturated carbocycles. The standard InChI is InChI=1S/C25H41N3O/c1-21-7-5-6-10-25(21)26-14-11-23(12-15-26)28-17-16-27(24(20-28)13-18-29)19-22-8-3-2-4-9-22/h5-7,10,22-24,29H,2-4,8-9,11-20H2,1H3/t24-/m1/s1. The molecule has 1 aromatic rings. The van der Waals surface area contributed by atoms with Gasteiger partial charge in [-0.2, -0.15) is 0 Å². The van der Waals surface area contributed by atoms with E-state index < -0.39 is 0 Å². The van der Waals surface area contributed by atoms with Gasteiger partial charge in [0.15, 0.2) is 0 Å². The zero-order chi connectivity index (χ0) is 20.1. The van der Waals surface area contributed by atoms with Crippen LogP contribution in [0.1, 0.15) is 56.9 Å². The van der Waals surface area contributed by atoms with Crippen LogP contribution in [0.25, 0.3) is 0 Å². The Labute approximate surface area is 177 Å². The van der Waals surface area contributed by atoms with E-state index in [-0.39, 0.29) is 0 Å². The number of anilines is 1. The molecule has 0 amide bonds. The van der Waals surface area contributed by atoms with Gasteiger partial charge in [-0.1, -0.05) is 37.5 Å². The molecule has 2 heterocycles. The molecular weight excluding hydrogens is 358 g/mol. The molecule has 3 fully saturated rings. The highest BCUT2D eigenvalue weighted by molar-refractivity contribution is 5.53. The van der Waals surface area contributed by atoms with E-state index in [1.807, 2.05) is 0 Å². The highest BCUT2D eigenvalue weighted by Crippen LogP contribution is 2.29. The Morgan fingerprint density at radius 2 is 1.69 bits per heavy atom. The van der Waals surface area contributed by atoms with Crippen LogP contribution in [0.4, 0.5) is 5.69 Å². The van der Waals surface area contributed by atoms with Crippen molar-refractivity contribution < 1.29 is 5.11 Å². The van der Waals surface area contributed by atoms with Crippen LogP contribution in [-0.2, 0) is 0 Å². The van der Waals surface area contributed by atoms with Crippen molar-refractivity contribution in [2.24, 2.45) is 5.92 Å². The number of aliphatic hydroxyl groups excluding tert-OH is 1. The molecule has 1 aliphatic carbocycles. The van der Waals surface area contributed by atoms with E-state index in [0.29, 0.717) is 18.7 Å². The molecular formula is C25H41N3O. The number of piperazine rings is 1. The maximum Gasteiger partial charge on any atom is 0.0446 e. The Hall–Kier alpha value is -1.10. The number of hydrogen-bond acceptors (Lipinski definition) is 4. The minimum Gasteiger partial charge on any atom is -0.396 e. The molecule has 2 saturated heterocycles. The first-order chi connectivity index (χ1) is 14.2. The molecule has 4 rings (SSSR count). The molecule has 1 aromatic carbocycles. The lowest BCUT2D eigenvalue weighted by Crippen LogP contribution is -2.58. The fourth-order valence-electron chi connectivity index (χ4n) is 6.00. The SMILES string of the molecule is Cc1ccccc1N1CCC(N2CCN(CC3CCCCC3)[C@H](CCO)C2)CC1. The topological polar surface area (TPSA) is 30.0 Å². The van der Waals surface area contributed by atoms with Crippen LogP contribution >= 0.6 is 0 Å². The number of hydrogen-bond donors (Lipinski definition) is 1. The van der Waals surface area contributed by atoms with Gasteiger partial charge in [0.05, 0.1) is 0 Å². The molecule has 0 aromatic heterocycles. The number of rotatable bonds is 6. The summed E-state index contributed by atoms with van der Waals surface area (Å²) in [5, 5.41) is 9.67. The molecule has 0 bridgehead atoms. The van der Waals surface area contributed by atoms with Gasteiger partial charge in [0.2, 0.25) is 0 Å². The van der Waals surface area contributed by atoms with E-state index in [4.69, 9.17) is 0 Å². The third-order valence-electron chi connectivity index (χ3n) is 7.75. The summed E-state index contributed by atoms with van der Waals surface area (Å²) in [5.41, 5.74) is 2.81. The third kappa shape index (κ3) is 5.34. The van der Waals surface area contributed by atoms with E-state index >= 15 is 0 Å². The maximum absolute atomic E-state index is 9.67. The van der Waals surface area contributed by atoms with Crippen molar-refractivity contribution in [3.05, 3.63) is 29.8 Å². The number of piperidine rings is 1. The monoisotopic (exact) mass is 399 g/mol. The van der Waals surface area contributed by atoms with Crippen LogP contribution < -0.4 is 4.90 Å². The molecule has 162 valence electrons. The van der Waals surface area contributed by atoms with E-state index in [1.165, 1.54) is 88.9 Å². The Bertz CT molecular complexity index is 622. The van der Waals surface area contributed by atoms with Gasteiger partial charge in [-0.25, -0.2) is 0 Å². The minimum absolute atomic E-state index is 0.325. The zero-order valence-electron chi connectivity index (χ0n) is 18.4. The summed E-state index contributed by atoms with van der Waals surface area (Å²) in [6, 6.07) is 10.1. The molecule has 1 N–H and O–H groups in total. The quantitative estimate of drug-likeness (QED) is 0.785. The molecule has 0 radical (unpaired) electrons. The Balaban J connectivity index is 1.30. The first-order valence-corrected chi connectivity index (χ1v) is 12.1. The van der Waals surface area contributed by atoms with Gasteiger partial charge in [0, 0.05) is 63.6 Å². The molecule has 2 aliphatic heterocycles. The second-order valence-electron chi connectivity index (χ2n) is 9.66. The average molecular weight is 400 g/mol. The number of para-hydroxylation sites is 1. The van der Waals surface area contributed by atoms with E-state index in [1.54, 1.807) is 0 Å². The van der Waals surface area contributed by atoms with Gasteiger partial charge in [-0.3, -0.25) is 9.80 Å². The van der Waals surface area contributed by atoms with Crippen molar-refractivity contribution in [3.8, 4) is 0 Å². The summed E-state index contributed by atoms with van der Waals surface area (Å²) >= 11 is 0. The van der Waals surface area contributed by atoms with Crippen LogP contribution in [0.15, 0.2) is 24.3 Å². The molecule has 1 atom stereocenters. The second-order valence-corrected chi connectivity index (χ2v) is 9.66. The molecule has 0 spiro atoms. The van der Waals surface area contributed by atoms with E-state index in [2.05, 4.69) is 45.9 Å². The predicted octanol–water partition coefficient (Wildman–Crippen LogP) is 3.91. The lowest BCUT2D eigenvalue weighted by molar-refractivity contribution is 0.0184. The summed E-state index contributed by atoms with van der Waals surface area (Å²) in [7, 11) is 0. The average Bonchev–Trinajstić information content (AvgIpc) is 2.76. The van der Waals surface area contributed by atoms with Crippen LogP contribution in [0.5, 0.6) is 0 Å². The van der Waals surface area contributed by atoms with E-state index in [9.17, 15) is 5.11 Å². The zero-order valence-corrected chi connectivity index (χ0v) is 18.4. The van der Waals surface area contributed by atoms with Crippen molar-refractivity contribution >= 4 is 5.69 Å². The van der Waals surface area contributed by atoms with Crippen molar-refractivity contribution in [1.82, 2.24) is 9.80 Å². The van der Waals surface area contributed by atoms with Crippen molar-refractivity contribution in [3.63, 3.8) is 0 Å². The van der Waals surface area contributed by atoms with Gasteiger partial charge in [0.25, 0.3) is 0 Å². The lowest BCUT2D eigenvalue weighted by atomic mass is 9.88. The summed E-state index contributed by atoms with van der Waals surface area (Å²) < 4.78 is 0. The molecule has 4 heteroatoms. The van der Waals surface area contributed by atoms with Crippen molar-refractivity contribution in [2.75, 3.05) is 50.8 Å². The smallest absolute Gasteiger partial charge is 0.0446 e. The maximum atomic E-state index is 9.67. The molecule has 0 unspecified atom stereocenters. The lowest BCUT2D eigenvalue weighted by Gasteiger charge is -2.47. The second kappa shape index (κ2) is 10.3. The number of benzene rings is 1. The summed E-state index contributed by atoms with van der Waals surface area (Å²) in [5.74, 6) is 0.897. The number of aryl methyl sites for hydroxylation is 1. The highest BCUT2D eigenvalue weighted by Gasteiger charge is 2.33. The predicted molar refractivity (Wildman–Crippen MR) is 122 cm³/mol. The third-order valence-corrected chi connectivity index (χ3v) is 7.75. The summed E-state index contributed by atoms with van der Waals surface area (Å²) in [6.45, 7) is 9.72. The summed E-state index contributed by atoms with van der Waals surface area (Å²) in [6.07, 6.45) is 10.6. The molecule has 3 aliphatic rings. The Morgan fingerprint density at radius 3 is 2.41 bits per heavy atom. The fraction of sp³-hybridized carbons (Fsp3) is 0.760. The van der Waals surface area contributed by atoms with Crippen LogP contribution in [0.2, 0.25) is 0 Å². The van der Waals surface area contributed by atoms with Gasteiger partial charge in [-0.05, 0) is 56.6 Å². The summed E-state index contributed by atoms with van der Waals surface area (Å²) in [4.78, 5) is 8.06. The van der Waals surface area contributed by atoms with Crippen molar-refractivity contribution in [2.45, 2.75) is 70.4 Å². The Kier molecular flexibility index (Phi) is 7.49. The highest BCUT2D eigenvalue weighted by atomic mass is 16.3. The largest absolute Gasteiger partial charge is 0.396 e. The van der Waals surface area contributed by atoms with Crippen LogP contribution in [-0.4, -0.2) is 72.9 Å². The van der Waals surface area contributed by atoms with Gasteiger partial charge in [0.1, 0.15) is 0 Å². The van der Waals surface area contributed by atoms with Gasteiger partial charge >= 0.3 is 0 Å². The number of aliphatic hydroxyl groups is 1. The van der Waals surface area contributed by atoms with Crippen LogP contribution in [0, 0.1) is 12.8 Å². The Morgan fingerprint density at radius 1 is 0.931 bits per heavy atom. The van der Waals surface area contributed by atoms with Crippen molar-refractivity contribution in [1.29, 1.82) is 0 Å².